The third kappa shape index (κ3) is 3.29. The number of sulfonamides is 1. The van der Waals surface area contributed by atoms with E-state index >= 15 is 0 Å². The van der Waals surface area contributed by atoms with E-state index in [1.165, 1.54) is 4.31 Å². The summed E-state index contributed by atoms with van der Waals surface area (Å²) >= 11 is 12.5. The van der Waals surface area contributed by atoms with E-state index in [1.807, 2.05) is 37.4 Å². The first-order valence-corrected chi connectivity index (χ1v) is 10.8. The van der Waals surface area contributed by atoms with Crippen LogP contribution in [0.5, 0.6) is 0 Å². The van der Waals surface area contributed by atoms with Gasteiger partial charge in [-0.1, -0.05) is 47.0 Å². The first-order chi connectivity index (χ1) is 12.9. The van der Waals surface area contributed by atoms with Crippen molar-refractivity contribution < 1.29 is 8.42 Å². The van der Waals surface area contributed by atoms with E-state index in [2.05, 4.69) is 4.57 Å². The van der Waals surface area contributed by atoms with Gasteiger partial charge in [0.1, 0.15) is 0 Å². The minimum atomic E-state index is -3.70. The molecule has 0 radical (unpaired) electrons. The molecule has 0 spiro atoms. The van der Waals surface area contributed by atoms with Crippen LogP contribution in [0.15, 0.2) is 65.7 Å². The smallest absolute Gasteiger partial charge is 0.244 e. The van der Waals surface area contributed by atoms with Crippen LogP contribution in [0.25, 0.3) is 0 Å². The van der Waals surface area contributed by atoms with Gasteiger partial charge in [0, 0.05) is 35.0 Å². The van der Waals surface area contributed by atoms with Gasteiger partial charge in [0.2, 0.25) is 10.0 Å². The fourth-order valence-corrected chi connectivity index (χ4v) is 5.59. The van der Waals surface area contributed by atoms with Gasteiger partial charge in [-0.15, -0.1) is 0 Å². The van der Waals surface area contributed by atoms with Crippen LogP contribution in [0.3, 0.4) is 0 Å². The average molecular weight is 421 g/mol. The largest absolute Gasteiger partial charge is 0.348 e. The topological polar surface area (TPSA) is 42.3 Å². The van der Waals surface area contributed by atoms with Crippen LogP contribution in [-0.4, -0.2) is 23.8 Å². The van der Waals surface area contributed by atoms with Crippen molar-refractivity contribution in [2.24, 2.45) is 0 Å². The minimum Gasteiger partial charge on any atom is -0.348 e. The molecule has 1 unspecified atom stereocenters. The molecule has 0 bridgehead atoms. The Hall–Kier alpha value is -1.79. The zero-order valence-electron chi connectivity index (χ0n) is 14.6. The molecule has 4 rings (SSSR count). The van der Waals surface area contributed by atoms with Crippen LogP contribution in [0.4, 0.5) is 0 Å². The molecule has 27 heavy (non-hydrogen) atoms. The van der Waals surface area contributed by atoms with Crippen LogP contribution in [0, 0.1) is 6.92 Å². The fourth-order valence-electron chi connectivity index (χ4n) is 3.50. The number of hydrogen-bond donors (Lipinski definition) is 0. The van der Waals surface area contributed by atoms with Crippen LogP contribution >= 0.6 is 23.2 Å². The number of rotatable bonds is 3. The van der Waals surface area contributed by atoms with Crippen LogP contribution in [-0.2, 0) is 16.6 Å². The molecule has 0 amide bonds. The van der Waals surface area contributed by atoms with Crippen molar-refractivity contribution in [3.8, 4) is 0 Å². The number of aryl methyl sites for hydroxylation is 1. The number of nitrogens with zero attached hydrogens (tertiary/aromatic N) is 2. The van der Waals surface area contributed by atoms with Crippen molar-refractivity contribution in [1.29, 1.82) is 0 Å². The summed E-state index contributed by atoms with van der Waals surface area (Å²) in [6.07, 6.45) is 1.96. The monoisotopic (exact) mass is 420 g/mol. The zero-order valence-corrected chi connectivity index (χ0v) is 17.0. The normalized spacial score (nSPS) is 17.7. The highest BCUT2D eigenvalue weighted by molar-refractivity contribution is 7.89. The number of halogens is 2. The molecule has 0 saturated carbocycles. The molecule has 3 aromatic rings. The Morgan fingerprint density at radius 3 is 2.44 bits per heavy atom. The Kier molecular flexibility index (Phi) is 4.80. The first-order valence-electron chi connectivity index (χ1n) is 8.56. The van der Waals surface area contributed by atoms with E-state index < -0.39 is 16.1 Å². The van der Waals surface area contributed by atoms with Gasteiger partial charge in [-0.25, -0.2) is 8.42 Å². The highest BCUT2D eigenvalue weighted by Crippen LogP contribution is 2.39. The molecule has 7 heteroatoms. The summed E-state index contributed by atoms with van der Waals surface area (Å²) in [7, 11) is -3.70. The van der Waals surface area contributed by atoms with E-state index in [1.54, 1.807) is 30.3 Å². The van der Waals surface area contributed by atoms with Gasteiger partial charge < -0.3 is 4.57 Å². The maximum Gasteiger partial charge on any atom is 0.244 e. The van der Waals surface area contributed by atoms with Crippen molar-refractivity contribution >= 4 is 33.2 Å². The summed E-state index contributed by atoms with van der Waals surface area (Å²) in [5.74, 6) is 0. The van der Waals surface area contributed by atoms with Crippen LogP contribution < -0.4 is 0 Å². The Bertz CT molecular complexity index is 1090. The molecule has 1 aromatic heterocycles. The molecule has 2 aromatic carbocycles. The van der Waals surface area contributed by atoms with Gasteiger partial charge in [-0.3, -0.25) is 0 Å². The third-order valence-corrected chi connectivity index (χ3v) is 7.32. The van der Waals surface area contributed by atoms with E-state index in [0.29, 0.717) is 23.1 Å². The molecule has 2 heterocycles. The summed E-state index contributed by atoms with van der Waals surface area (Å²) < 4.78 is 30.5. The lowest BCUT2D eigenvalue weighted by molar-refractivity contribution is 0.298. The van der Waals surface area contributed by atoms with Gasteiger partial charge in [0.25, 0.3) is 0 Å². The highest BCUT2D eigenvalue weighted by Gasteiger charge is 2.38. The Morgan fingerprint density at radius 1 is 1.00 bits per heavy atom. The second-order valence-corrected chi connectivity index (χ2v) is 9.36. The van der Waals surface area contributed by atoms with Gasteiger partial charge >= 0.3 is 0 Å². The molecule has 1 aliphatic rings. The average Bonchev–Trinajstić information content (AvgIpc) is 3.10. The van der Waals surface area contributed by atoms with Crippen molar-refractivity contribution in [3.63, 3.8) is 0 Å². The van der Waals surface area contributed by atoms with Gasteiger partial charge in [0.15, 0.2) is 0 Å². The van der Waals surface area contributed by atoms with Gasteiger partial charge in [0.05, 0.1) is 10.9 Å². The fraction of sp³-hybridized carbons (Fsp3) is 0.200. The van der Waals surface area contributed by atoms with Crippen molar-refractivity contribution in [2.45, 2.75) is 24.4 Å². The highest BCUT2D eigenvalue weighted by atomic mass is 35.5. The number of benzene rings is 2. The summed E-state index contributed by atoms with van der Waals surface area (Å²) in [5.41, 5.74) is 2.62. The lowest BCUT2D eigenvalue weighted by Gasteiger charge is -2.36. The molecular formula is C20H18Cl2N2O2S. The van der Waals surface area contributed by atoms with E-state index in [0.717, 1.165) is 16.8 Å². The molecule has 4 nitrogen and oxygen atoms in total. The zero-order chi connectivity index (χ0) is 19.2. The third-order valence-electron chi connectivity index (χ3n) is 4.88. The summed E-state index contributed by atoms with van der Waals surface area (Å²) in [6.45, 7) is 2.89. The van der Waals surface area contributed by atoms with Gasteiger partial charge in [-0.2, -0.15) is 4.31 Å². The molecule has 1 aliphatic heterocycles. The van der Waals surface area contributed by atoms with E-state index in [9.17, 15) is 8.42 Å². The van der Waals surface area contributed by atoms with Gasteiger partial charge in [-0.05, 0) is 48.9 Å². The Balaban J connectivity index is 1.87. The summed E-state index contributed by atoms with van der Waals surface area (Å²) in [4.78, 5) is 0.281. The summed E-state index contributed by atoms with van der Waals surface area (Å²) in [5, 5.41) is 0.967. The second kappa shape index (κ2) is 6.99. The predicted octanol–water partition coefficient (Wildman–Crippen LogP) is 4.90. The molecule has 0 saturated heterocycles. The maximum atomic E-state index is 13.4. The second-order valence-electron chi connectivity index (χ2n) is 6.62. The lowest BCUT2D eigenvalue weighted by Crippen LogP contribution is -2.42. The number of fused-ring (bicyclic) bond motifs is 1. The molecule has 1 atom stereocenters. The SMILES string of the molecule is Cc1ccc(S(=O)(=O)N2CCn3cccc3C2c2ccc(Cl)cc2Cl)cc1. The molecule has 0 N–H and O–H groups in total. The van der Waals surface area contributed by atoms with Crippen molar-refractivity contribution in [2.75, 3.05) is 6.54 Å². The summed E-state index contributed by atoms with van der Waals surface area (Å²) in [6, 6.07) is 15.5. The predicted molar refractivity (Wildman–Crippen MR) is 108 cm³/mol. The minimum absolute atomic E-state index is 0.281. The Labute approximate surface area is 169 Å². The lowest BCUT2D eigenvalue weighted by atomic mass is 10.0. The molecule has 0 aliphatic carbocycles. The molecular weight excluding hydrogens is 403 g/mol. The first kappa shape index (κ1) is 18.6. The van der Waals surface area contributed by atoms with Crippen molar-refractivity contribution in [3.05, 3.63) is 87.7 Å². The van der Waals surface area contributed by atoms with Crippen LogP contribution in [0.1, 0.15) is 22.9 Å². The van der Waals surface area contributed by atoms with E-state index in [-0.39, 0.29) is 4.90 Å². The van der Waals surface area contributed by atoms with E-state index in [4.69, 9.17) is 23.2 Å². The maximum absolute atomic E-state index is 13.4. The quantitative estimate of drug-likeness (QED) is 0.604. The molecule has 140 valence electrons. The van der Waals surface area contributed by atoms with Crippen molar-refractivity contribution in [1.82, 2.24) is 8.87 Å². The number of hydrogen-bond acceptors (Lipinski definition) is 2. The Morgan fingerprint density at radius 2 is 1.74 bits per heavy atom. The molecule has 0 fully saturated rings. The number of aromatic nitrogens is 1. The van der Waals surface area contributed by atoms with Crippen LogP contribution in [0.2, 0.25) is 10.0 Å². The standard InChI is InChI=1S/C20H18Cl2N2O2S/c1-14-4-7-16(8-5-14)27(25,26)24-12-11-23-10-2-3-19(23)20(24)17-9-6-15(21)13-18(17)22/h2-10,13,20H,11-12H2,1H3.